The van der Waals surface area contributed by atoms with E-state index in [-0.39, 0.29) is 5.54 Å². The Kier molecular flexibility index (Phi) is 4.07. The first-order valence-electron chi connectivity index (χ1n) is 8.78. The lowest BCUT2D eigenvalue weighted by Gasteiger charge is -2.35. The van der Waals surface area contributed by atoms with Crippen molar-refractivity contribution in [2.24, 2.45) is 11.1 Å². The van der Waals surface area contributed by atoms with Crippen LogP contribution in [0.1, 0.15) is 76.3 Å². The van der Waals surface area contributed by atoms with E-state index in [1.165, 1.54) is 42.4 Å². The van der Waals surface area contributed by atoms with Gasteiger partial charge in [-0.25, -0.2) is 0 Å². The summed E-state index contributed by atoms with van der Waals surface area (Å²) < 4.78 is 0. The Bertz CT molecular complexity index is 577. The maximum absolute atomic E-state index is 6.71. The molecule has 1 fully saturated rings. The molecule has 0 atom stereocenters. The molecule has 0 aromatic heterocycles. The molecule has 2 aliphatic rings. The molecule has 120 valence electrons. The number of nitrogens with two attached hydrogens (primary N) is 2. The second-order valence-corrected chi connectivity index (χ2v) is 8.12. The molecule has 2 heteroatoms. The van der Waals surface area contributed by atoms with E-state index in [0.29, 0.717) is 5.41 Å². The van der Waals surface area contributed by atoms with Gasteiger partial charge < -0.3 is 11.5 Å². The van der Waals surface area contributed by atoms with Gasteiger partial charge in [0, 0.05) is 16.8 Å². The third kappa shape index (κ3) is 3.08. The molecule has 0 saturated heterocycles. The van der Waals surface area contributed by atoms with Gasteiger partial charge in [-0.1, -0.05) is 45.3 Å². The number of nitrogen functional groups attached to an aromatic ring is 1. The Morgan fingerprint density at radius 2 is 1.73 bits per heavy atom. The fourth-order valence-corrected chi connectivity index (χ4v) is 3.94. The van der Waals surface area contributed by atoms with Crippen LogP contribution in [0.4, 0.5) is 5.69 Å². The second kappa shape index (κ2) is 5.73. The van der Waals surface area contributed by atoms with Crippen LogP contribution < -0.4 is 11.5 Å². The first-order valence-corrected chi connectivity index (χ1v) is 8.78. The SMILES string of the molecule is CC1(C)CC=C(c2cc(C3(N)CCCCC3)ccc2N)CC1. The molecule has 0 unspecified atom stereocenters. The van der Waals surface area contributed by atoms with E-state index in [1.807, 2.05) is 0 Å². The van der Waals surface area contributed by atoms with Crippen molar-refractivity contribution in [1.29, 1.82) is 0 Å². The fraction of sp³-hybridized carbons (Fsp3) is 0.600. The normalized spacial score (nSPS) is 23.9. The zero-order valence-electron chi connectivity index (χ0n) is 14.1. The highest BCUT2D eigenvalue weighted by atomic mass is 14.7. The third-order valence-electron chi connectivity index (χ3n) is 5.69. The molecule has 2 nitrogen and oxygen atoms in total. The van der Waals surface area contributed by atoms with Gasteiger partial charge in [-0.3, -0.25) is 0 Å². The van der Waals surface area contributed by atoms with Crippen LogP contribution in [-0.2, 0) is 5.54 Å². The number of benzene rings is 1. The molecular formula is C20H30N2. The molecule has 22 heavy (non-hydrogen) atoms. The monoisotopic (exact) mass is 298 g/mol. The van der Waals surface area contributed by atoms with E-state index in [9.17, 15) is 0 Å². The summed E-state index contributed by atoms with van der Waals surface area (Å²) in [5.74, 6) is 0. The zero-order chi connectivity index (χ0) is 15.8. The molecule has 0 spiro atoms. The van der Waals surface area contributed by atoms with Gasteiger partial charge in [-0.05, 0) is 60.8 Å². The number of hydrogen-bond donors (Lipinski definition) is 2. The van der Waals surface area contributed by atoms with E-state index in [1.54, 1.807) is 0 Å². The molecule has 0 heterocycles. The van der Waals surface area contributed by atoms with Crippen LogP contribution >= 0.6 is 0 Å². The Labute approximate surface area is 135 Å². The highest BCUT2D eigenvalue weighted by molar-refractivity contribution is 5.76. The van der Waals surface area contributed by atoms with Crippen molar-refractivity contribution in [2.45, 2.75) is 70.8 Å². The summed E-state index contributed by atoms with van der Waals surface area (Å²) in [6.07, 6.45) is 11.9. The standard InChI is InChI=1S/C20H30N2/c1-19(2)12-8-15(9-13-19)17-14-16(6-7-18(17)21)20(22)10-4-3-5-11-20/h6-8,14H,3-5,9-13,21-22H2,1-2H3. The topological polar surface area (TPSA) is 52.0 Å². The molecule has 2 aliphatic carbocycles. The maximum atomic E-state index is 6.71. The lowest BCUT2D eigenvalue weighted by Crippen LogP contribution is -2.38. The Morgan fingerprint density at radius 3 is 2.36 bits per heavy atom. The summed E-state index contributed by atoms with van der Waals surface area (Å²) in [5.41, 5.74) is 18.1. The number of anilines is 1. The van der Waals surface area contributed by atoms with Crippen molar-refractivity contribution in [3.8, 4) is 0 Å². The largest absolute Gasteiger partial charge is 0.398 e. The fourth-order valence-electron chi connectivity index (χ4n) is 3.94. The summed E-state index contributed by atoms with van der Waals surface area (Å²) >= 11 is 0. The smallest absolute Gasteiger partial charge is 0.0409 e. The van der Waals surface area contributed by atoms with Gasteiger partial charge in [-0.15, -0.1) is 0 Å². The maximum Gasteiger partial charge on any atom is 0.0409 e. The Hall–Kier alpha value is -1.28. The van der Waals surface area contributed by atoms with E-state index in [4.69, 9.17) is 11.5 Å². The minimum Gasteiger partial charge on any atom is -0.398 e. The summed E-state index contributed by atoms with van der Waals surface area (Å²) in [5, 5.41) is 0. The molecule has 0 bridgehead atoms. The van der Waals surface area contributed by atoms with Gasteiger partial charge in [0.1, 0.15) is 0 Å². The van der Waals surface area contributed by atoms with E-state index in [0.717, 1.165) is 31.4 Å². The van der Waals surface area contributed by atoms with Crippen LogP contribution in [0.2, 0.25) is 0 Å². The first-order chi connectivity index (χ1) is 10.4. The molecule has 1 aromatic rings. The van der Waals surface area contributed by atoms with E-state index >= 15 is 0 Å². The van der Waals surface area contributed by atoms with Crippen molar-refractivity contribution in [3.05, 3.63) is 35.4 Å². The zero-order valence-corrected chi connectivity index (χ0v) is 14.1. The summed E-state index contributed by atoms with van der Waals surface area (Å²) in [4.78, 5) is 0. The molecule has 0 aliphatic heterocycles. The van der Waals surface area contributed by atoms with Crippen LogP contribution in [0.25, 0.3) is 5.57 Å². The lowest BCUT2D eigenvalue weighted by atomic mass is 9.74. The molecule has 1 aromatic carbocycles. The molecular weight excluding hydrogens is 268 g/mol. The summed E-state index contributed by atoms with van der Waals surface area (Å²) in [7, 11) is 0. The number of hydrogen-bond acceptors (Lipinski definition) is 2. The highest BCUT2D eigenvalue weighted by Gasteiger charge is 2.30. The van der Waals surface area contributed by atoms with Crippen molar-refractivity contribution in [3.63, 3.8) is 0 Å². The highest BCUT2D eigenvalue weighted by Crippen LogP contribution is 2.41. The van der Waals surface area contributed by atoms with Gasteiger partial charge >= 0.3 is 0 Å². The molecule has 4 N–H and O–H groups in total. The van der Waals surface area contributed by atoms with Crippen LogP contribution in [0.3, 0.4) is 0 Å². The average Bonchev–Trinajstić information content (AvgIpc) is 2.49. The second-order valence-electron chi connectivity index (χ2n) is 8.12. The van der Waals surface area contributed by atoms with Gasteiger partial charge in [0.2, 0.25) is 0 Å². The minimum atomic E-state index is -0.144. The van der Waals surface area contributed by atoms with Gasteiger partial charge in [0.05, 0.1) is 0 Å². The summed E-state index contributed by atoms with van der Waals surface area (Å²) in [6, 6.07) is 6.50. The molecule has 0 radical (unpaired) electrons. The van der Waals surface area contributed by atoms with Crippen LogP contribution in [-0.4, -0.2) is 0 Å². The number of allylic oxidation sites excluding steroid dienone is 2. The predicted octanol–water partition coefficient (Wildman–Crippen LogP) is 4.98. The summed E-state index contributed by atoms with van der Waals surface area (Å²) in [6.45, 7) is 4.69. The van der Waals surface area contributed by atoms with Gasteiger partial charge in [-0.2, -0.15) is 0 Å². The molecule has 3 rings (SSSR count). The van der Waals surface area contributed by atoms with Crippen molar-refractivity contribution < 1.29 is 0 Å². The van der Waals surface area contributed by atoms with Crippen LogP contribution in [0, 0.1) is 5.41 Å². The third-order valence-corrected chi connectivity index (χ3v) is 5.69. The first kappa shape index (κ1) is 15.6. The van der Waals surface area contributed by atoms with Gasteiger partial charge in [0.15, 0.2) is 0 Å². The van der Waals surface area contributed by atoms with Gasteiger partial charge in [0.25, 0.3) is 0 Å². The van der Waals surface area contributed by atoms with Crippen molar-refractivity contribution in [2.75, 3.05) is 5.73 Å². The van der Waals surface area contributed by atoms with E-state index < -0.39 is 0 Å². The van der Waals surface area contributed by atoms with Crippen LogP contribution in [0.15, 0.2) is 24.3 Å². The number of rotatable bonds is 2. The lowest BCUT2D eigenvalue weighted by molar-refractivity contribution is 0.302. The quantitative estimate of drug-likeness (QED) is 0.756. The minimum absolute atomic E-state index is 0.144. The van der Waals surface area contributed by atoms with E-state index in [2.05, 4.69) is 38.1 Å². The average molecular weight is 298 g/mol. The Balaban J connectivity index is 1.92. The van der Waals surface area contributed by atoms with Crippen molar-refractivity contribution >= 4 is 11.3 Å². The van der Waals surface area contributed by atoms with Crippen molar-refractivity contribution in [1.82, 2.24) is 0 Å². The Morgan fingerprint density at radius 1 is 1.00 bits per heavy atom. The molecule has 1 saturated carbocycles. The predicted molar refractivity (Wildman–Crippen MR) is 95.4 cm³/mol. The van der Waals surface area contributed by atoms with Crippen LogP contribution in [0.5, 0.6) is 0 Å². The molecule has 0 amide bonds.